The molecule has 168 valence electrons. The fourth-order valence-corrected chi connectivity index (χ4v) is 3.61. The molecule has 1 saturated heterocycles. The van der Waals surface area contributed by atoms with E-state index in [1.54, 1.807) is 0 Å². The maximum Gasteiger partial charge on any atom is 0.335 e. The zero-order chi connectivity index (χ0) is 23.2. The zero-order valence-electron chi connectivity index (χ0n) is 16.5. The standard InChI is InChI=1S/C20H22O11/c1-6-12(7(2)22)16(25)13-9(14(6)23)3-8(19(28)29)4-10(13)30-20-18(27)17(26)15(24)11(5-21)31-20/h3-4,11,15,17-18,20-21,23-27H,5H2,1-2H3,(H,28,29)/t11-,15-,17+,18-,20-/m1/s1. The Hall–Kier alpha value is -2.96. The lowest BCUT2D eigenvalue weighted by atomic mass is 9.94. The topological polar surface area (TPSA) is 194 Å². The second kappa shape index (κ2) is 8.29. The predicted octanol–water partition coefficient (Wildman–Crippen LogP) is -0.361. The Bertz CT molecular complexity index is 1050. The minimum atomic E-state index is -1.81. The predicted molar refractivity (Wildman–Crippen MR) is 103 cm³/mol. The number of carboxylic acid groups (broad SMARTS) is 1. The Balaban J connectivity index is 2.23. The molecule has 0 bridgehead atoms. The van der Waals surface area contributed by atoms with Gasteiger partial charge in [-0.25, -0.2) is 4.79 Å². The van der Waals surface area contributed by atoms with Crippen molar-refractivity contribution in [3.8, 4) is 17.2 Å². The van der Waals surface area contributed by atoms with Gasteiger partial charge in [0.05, 0.1) is 23.1 Å². The number of carbonyl (C=O) groups is 2. The molecule has 0 unspecified atom stereocenters. The van der Waals surface area contributed by atoms with E-state index < -0.39 is 60.6 Å². The van der Waals surface area contributed by atoms with Crippen LogP contribution in [0.4, 0.5) is 0 Å². The summed E-state index contributed by atoms with van der Waals surface area (Å²) in [7, 11) is 0. The number of ketones is 1. The number of aromatic carboxylic acids is 1. The van der Waals surface area contributed by atoms with Gasteiger partial charge in [0.25, 0.3) is 0 Å². The highest BCUT2D eigenvalue weighted by atomic mass is 16.7. The first-order valence-corrected chi connectivity index (χ1v) is 9.23. The average Bonchev–Trinajstić information content (AvgIpc) is 2.71. The van der Waals surface area contributed by atoms with Gasteiger partial charge in [-0.2, -0.15) is 0 Å². The van der Waals surface area contributed by atoms with Gasteiger partial charge in [-0.1, -0.05) is 0 Å². The Morgan fingerprint density at radius 3 is 2.26 bits per heavy atom. The lowest BCUT2D eigenvalue weighted by molar-refractivity contribution is -0.277. The molecule has 11 heteroatoms. The molecule has 31 heavy (non-hydrogen) atoms. The summed E-state index contributed by atoms with van der Waals surface area (Å²) < 4.78 is 10.8. The van der Waals surface area contributed by atoms with Crippen LogP contribution in [0.15, 0.2) is 12.1 Å². The van der Waals surface area contributed by atoms with Crippen LogP contribution in [0.2, 0.25) is 0 Å². The van der Waals surface area contributed by atoms with Crippen molar-refractivity contribution in [1.82, 2.24) is 0 Å². The van der Waals surface area contributed by atoms with Crippen molar-refractivity contribution >= 4 is 22.5 Å². The maximum atomic E-state index is 12.0. The molecule has 3 rings (SSSR count). The summed E-state index contributed by atoms with van der Waals surface area (Å²) in [5, 5.41) is 69.7. The molecule has 11 nitrogen and oxygen atoms in total. The van der Waals surface area contributed by atoms with Crippen LogP contribution in [0.25, 0.3) is 10.8 Å². The lowest BCUT2D eigenvalue weighted by Gasteiger charge is -2.39. The van der Waals surface area contributed by atoms with Gasteiger partial charge in [0.1, 0.15) is 41.7 Å². The molecule has 0 spiro atoms. The molecule has 1 aliphatic heterocycles. The molecule has 0 aliphatic carbocycles. The van der Waals surface area contributed by atoms with Crippen molar-refractivity contribution in [1.29, 1.82) is 0 Å². The van der Waals surface area contributed by atoms with Crippen molar-refractivity contribution < 1.29 is 54.8 Å². The molecule has 1 heterocycles. The van der Waals surface area contributed by atoms with Crippen molar-refractivity contribution in [3.63, 3.8) is 0 Å². The van der Waals surface area contributed by atoms with E-state index in [1.165, 1.54) is 6.92 Å². The van der Waals surface area contributed by atoms with Gasteiger partial charge >= 0.3 is 5.97 Å². The van der Waals surface area contributed by atoms with Crippen LogP contribution in [-0.4, -0.2) is 84.8 Å². The molecular formula is C20H22O11. The number of hydrogen-bond donors (Lipinski definition) is 7. The van der Waals surface area contributed by atoms with Gasteiger partial charge in [-0.3, -0.25) is 4.79 Å². The highest BCUT2D eigenvalue weighted by Crippen LogP contribution is 2.45. The van der Waals surface area contributed by atoms with E-state index in [2.05, 4.69) is 0 Å². The molecular weight excluding hydrogens is 416 g/mol. The number of ether oxygens (including phenoxy) is 2. The summed E-state index contributed by atoms with van der Waals surface area (Å²) in [5.41, 5.74) is -0.540. The molecule has 1 fully saturated rings. The van der Waals surface area contributed by atoms with Crippen LogP contribution in [0, 0.1) is 6.92 Å². The van der Waals surface area contributed by atoms with Gasteiger partial charge in [-0.05, 0) is 26.0 Å². The first-order chi connectivity index (χ1) is 14.5. The monoisotopic (exact) mass is 438 g/mol. The van der Waals surface area contributed by atoms with E-state index in [1.807, 2.05) is 0 Å². The van der Waals surface area contributed by atoms with Gasteiger partial charge in [-0.15, -0.1) is 0 Å². The normalized spacial score (nSPS) is 26.1. The third-order valence-electron chi connectivity index (χ3n) is 5.25. The van der Waals surface area contributed by atoms with E-state index in [9.17, 15) is 45.3 Å². The highest BCUT2D eigenvalue weighted by molar-refractivity contribution is 6.11. The van der Waals surface area contributed by atoms with E-state index >= 15 is 0 Å². The van der Waals surface area contributed by atoms with E-state index in [0.29, 0.717) is 0 Å². The molecule has 0 radical (unpaired) electrons. The van der Waals surface area contributed by atoms with Crippen LogP contribution >= 0.6 is 0 Å². The minimum absolute atomic E-state index is 0.0267. The largest absolute Gasteiger partial charge is 0.507 e. The first-order valence-electron chi connectivity index (χ1n) is 9.23. The highest BCUT2D eigenvalue weighted by Gasteiger charge is 2.45. The summed E-state index contributed by atoms with van der Waals surface area (Å²) in [6, 6.07) is 2.05. The van der Waals surface area contributed by atoms with Gasteiger partial charge in [0.15, 0.2) is 5.78 Å². The van der Waals surface area contributed by atoms with E-state index in [-0.39, 0.29) is 33.2 Å². The van der Waals surface area contributed by atoms with Crippen LogP contribution in [0.1, 0.15) is 33.2 Å². The third-order valence-corrected chi connectivity index (χ3v) is 5.25. The number of rotatable bonds is 5. The van der Waals surface area contributed by atoms with Crippen LogP contribution in [0.5, 0.6) is 17.2 Å². The number of hydrogen-bond acceptors (Lipinski definition) is 10. The Morgan fingerprint density at radius 2 is 1.71 bits per heavy atom. The smallest absolute Gasteiger partial charge is 0.335 e. The fraction of sp³-hybridized carbons (Fsp3) is 0.400. The number of phenolic OH excluding ortho intramolecular Hbond substituents is 2. The van der Waals surface area contributed by atoms with E-state index in [0.717, 1.165) is 19.1 Å². The quantitative estimate of drug-likeness (QED) is 0.238. The third kappa shape index (κ3) is 3.77. The number of aromatic hydroxyl groups is 2. The number of aliphatic hydroxyl groups is 4. The van der Waals surface area contributed by atoms with Crippen molar-refractivity contribution in [3.05, 3.63) is 28.8 Å². The second-order valence-electron chi connectivity index (χ2n) is 7.27. The first kappa shape index (κ1) is 22.7. The minimum Gasteiger partial charge on any atom is -0.507 e. The number of aliphatic hydroxyl groups excluding tert-OH is 4. The Labute approximate surface area is 175 Å². The van der Waals surface area contributed by atoms with Crippen LogP contribution in [-0.2, 0) is 4.74 Å². The number of phenols is 2. The number of carbonyl (C=O) groups excluding carboxylic acids is 1. The molecule has 0 saturated carbocycles. The van der Waals surface area contributed by atoms with Crippen LogP contribution in [0.3, 0.4) is 0 Å². The van der Waals surface area contributed by atoms with Crippen molar-refractivity contribution in [2.45, 2.75) is 44.6 Å². The molecule has 2 aromatic carbocycles. The number of fused-ring (bicyclic) bond motifs is 1. The molecule has 5 atom stereocenters. The zero-order valence-corrected chi connectivity index (χ0v) is 16.5. The van der Waals surface area contributed by atoms with E-state index in [4.69, 9.17) is 9.47 Å². The van der Waals surface area contributed by atoms with Crippen molar-refractivity contribution in [2.75, 3.05) is 6.61 Å². The number of benzene rings is 2. The summed E-state index contributed by atoms with van der Waals surface area (Å²) in [4.78, 5) is 23.6. The Kier molecular flexibility index (Phi) is 6.07. The summed E-state index contributed by atoms with van der Waals surface area (Å²) in [6.45, 7) is 1.81. The molecule has 2 aromatic rings. The van der Waals surface area contributed by atoms with Gasteiger partial charge in [0, 0.05) is 10.9 Å². The molecule has 0 amide bonds. The van der Waals surface area contributed by atoms with Gasteiger partial charge in [0.2, 0.25) is 6.29 Å². The molecule has 7 N–H and O–H groups in total. The summed E-state index contributed by atoms with van der Waals surface area (Å²) >= 11 is 0. The SMILES string of the molecule is CC(=O)c1c(C)c(O)c2cc(C(=O)O)cc(O[C@@H]3O[C@H](CO)[C@@H](O)[C@H](O)[C@H]3O)c2c1O. The maximum absolute atomic E-state index is 12.0. The number of carboxylic acids is 1. The van der Waals surface area contributed by atoms with Gasteiger partial charge < -0.3 is 45.2 Å². The van der Waals surface area contributed by atoms with Crippen molar-refractivity contribution in [2.24, 2.45) is 0 Å². The Morgan fingerprint density at radius 1 is 1.06 bits per heavy atom. The second-order valence-corrected chi connectivity index (χ2v) is 7.27. The lowest BCUT2D eigenvalue weighted by Crippen LogP contribution is -2.60. The summed E-state index contributed by atoms with van der Waals surface area (Å²) in [5.74, 6) is -3.40. The fourth-order valence-electron chi connectivity index (χ4n) is 3.61. The molecule has 1 aliphatic rings. The number of Topliss-reactive ketones (excluding diaryl/α,β-unsaturated/α-hetero) is 1. The van der Waals surface area contributed by atoms with Crippen LogP contribution < -0.4 is 4.74 Å². The molecule has 0 aromatic heterocycles. The average molecular weight is 438 g/mol. The summed E-state index contributed by atoms with van der Waals surface area (Å²) in [6.07, 6.45) is -8.20.